The van der Waals surface area contributed by atoms with Crippen molar-refractivity contribution in [1.82, 2.24) is 30.1 Å². The summed E-state index contributed by atoms with van der Waals surface area (Å²) in [6.45, 7) is 12.0. The standard InChI is InChI=1S/C24H34N8.HI/c1-3-25-24(27-19-23-29-28-22-10-4-5-13-32(22)23)26-11-7-12-30-14-16-31(17-15-30)21-9-6-8-20(2)18-21;/h4-6,8-10,13,18H,3,7,11-12,14-17,19H2,1-2H3,(H2,25,26,27);1H. The molecule has 1 fully saturated rings. The summed E-state index contributed by atoms with van der Waals surface area (Å²) >= 11 is 0. The molecule has 33 heavy (non-hydrogen) atoms. The van der Waals surface area contributed by atoms with E-state index in [4.69, 9.17) is 4.99 Å². The molecule has 2 aromatic heterocycles. The highest BCUT2D eigenvalue weighted by atomic mass is 127. The molecule has 0 unspecified atom stereocenters. The molecule has 0 bridgehead atoms. The van der Waals surface area contributed by atoms with Crippen molar-refractivity contribution in [2.45, 2.75) is 26.8 Å². The number of piperazine rings is 1. The molecule has 0 saturated carbocycles. The van der Waals surface area contributed by atoms with Crippen LogP contribution in [0.5, 0.6) is 0 Å². The lowest BCUT2D eigenvalue weighted by Crippen LogP contribution is -2.47. The number of nitrogens with zero attached hydrogens (tertiary/aromatic N) is 6. The minimum absolute atomic E-state index is 0. The highest BCUT2D eigenvalue weighted by Gasteiger charge is 2.16. The van der Waals surface area contributed by atoms with E-state index in [2.05, 4.69) is 68.7 Å². The Labute approximate surface area is 213 Å². The summed E-state index contributed by atoms with van der Waals surface area (Å²) in [7, 11) is 0. The molecule has 0 atom stereocenters. The first kappa shape index (κ1) is 25.2. The number of benzene rings is 1. The minimum atomic E-state index is 0. The molecule has 8 nitrogen and oxygen atoms in total. The Morgan fingerprint density at radius 3 is 2.67 bits per heavy atom. The number of hydrogen-bond donors (Lipinski definition) is 2. The Morgan fingerprint density at radius 1 is 1.03 bits per heavy atom. The zero-order valence-electron chi connectivity index (χ0n) is 19.6. The van der Waals surface area contributed by atoms with Crippen molar-refractivity contribution in [3.8, 4) is 0 Å². The maximum Gasteiger partial charge on any atom is 0.191 e. The largest absolute Gasteiger partial charge is 0.369 e. The zero-order valence-corrected chi connectivity index (χ0v) is 21.9. The zero-order chi connectivity index (χ0) is 22.2. The van der Waals surface area contributed by atoms with Gasteiger partial charge in [-0.2, -0.15) is 0 Å². The topological polar surface area (TPSA) is 73.1 Å². The Balaban J connectivity index is 0.00000306. The molecule has 3 heterocycles. The van der Waals surface area contributed by atoms with E-state index in [9.17, 15) is 0 Å². The van der Waals surface area contributed by atoms with Crippen LogP contribution in [0.15, 0.2) is 53.7 Å². The molecule has 0 radical (unpaired) electrons. The Bertz CT molecular complexity index is 1030. The van der Waals surface area contributed by atoms with Gasteiger partial charge in [-0.05, 0) is 56.6 Å². The van der Waals surface area contributed by atoms with Crippen molar-refractivity contribution in [3.05, 3.63) is 60.0 Å². The second-order valence-electron chi connectivity index (χ2n) is 8.19. The van der Waals surface area contributed by atoms with Gasteiger partial charge >= 0.3 is 0 Å². The van der Waals surface area contributed by atoms with Crippen LogP contribution in [0.25, 0.3) is 5.65 Å². The van der Waals surface area contributed by atoms with Crippen LogP contribution >= 0.6 is 24.0 Å². The third-order valence-corrected chi connectivity index (χ3v) is 5.79. The summed E-state index contributed by atoms with van der Waals surface area (Å²) in [5.74, 6) is 1.66. The van der Waals surface area contributed by atoms with E-state index in [0.717, 1.165) is 69.7 Å². The van der Waals surface area contributed by atoms with Gasteiger partial charge in [0.15, 0.2) is 17.4 Å². The fourth-order valence-corrected chi connectivity index (χ4v) is 4.05. The number of rotatable bonds is 8. The fourth-order valence-electron chi connectivity index (χ4n) is 4.05. The number of nitrogens with one attached hydrogen (secondary N) is 2. The van der Waals surface area contributed by atoms with Crippen LogP contribution in [-0.2, 0) is 6.54 Å². The molecule has 4 rings (SSSR count). The van der Waals surface area contributed by atoms with Crippen LogP contribution in [0.3, 0.4) is 0 Å². The maximum absolute atomic E-state index is 4.69. The van der Waals surface area contributed by atoms with Gasteiger partial charge in [0.2, 0.25) is 0 Å². The third-order valence-electron chi connectivity index (χ3n) is 5.79. The second kappa shape index (κ2) is 12.7. The summed E-state index contributed by atoms with van der Waals surface area (Å²) in [6.07, 6.45) is 3.06. The number of fused-ring (bicyclic) bond motifs is 1. The van der Waals surface area contributed by atoms with E-state index in [-0.39, 0.29) is 24.0 Å². The minimum Gasteiger partial charge on any atom is -0.369 e. The molecule has 9 heteroatoms. The van der Waals surface area contributed by atoms with Gasteiger partial charge in [0.25, 0.3) is 0 Å². The maximum atomic E-state index is 4.69. The number of halogens is 1. The van der Waals surface area contributed by atoms with Gasteiger partial charge in [-0.15, -0.1) is 34.2 Å². The molecule has 0 spiro atoms. The lowest BCUT2D eigenvalue weighted by atomic mass is 10.2. The molecular weight excluding hydrogens is 527 g/mol. The van der Waals surface area contributed by atoms with E-state index in [1.165, 1.54) is 11.3 Å². The number of guanidine groups is 1. The predicted octanol–water partition coefficient (Wildman–Crippen LogP) is 2.92. The lowest BCUT2D eigenvalue weighted by Gasteiger charge is -2.36. The third kappa shape index (κ3) is 7.04. The Kier molecular flexibility index (Phi) is 9.74. The first-order valence-electron chi connectivity index (χ1n) is 11.6. The molecular formula is C24H35IN8. The number of aliphatic imine (C=N–C) groups is 1. The van der Waals surface area contributed by atoms with Gasteiger partial charge in [0.1, 0.15) is 6.54 Å². The van der Waals surface area contributed by atoms with Crippen LogP contribution < -0.4 is 15.5 Å². The van der Waals surface area contributed by atoms with E-state index in [1.807, 2.05) is 28.8 Å². The first-order valence-corrected chi connectivity index (χ1v) is 11.6. The van der Waals surface area contributed by atoms with E-state index in [1.54, 1.807) is 0 Å². The average Bonchev–Trinajstić information content (AvgIpc) is 3.24. The summed E-state index contributed by atoms with van der Waals surface area (Å²) in [4.78, 5) is 9.74. The monoisotopic (exact) mass is 562 g/mol. The van der Waals surface area contributed by atoms with E-state index >= 15 is 0 Å². The number of aryl methyl sites for hydroxylation is 1. The van der Waals surface area contributed by atoms with Gasteiger partial charge in [0.05, 0.1) is 0 Å². The molecule has 3 aromatic rings. The predicted molar refractivity (Wildman–Crippen MR) is 146 cm³/mol. The molecule has 178 valence electrons. The second-order valence-corrected chi connectivity index (χ2v) is 8.19. The number of anilines is 1. The molecule has 1 aliphatic heterocycles. The summed E-state index contributed by atoms with van der Waals surface area (Å²) in [5.41, 5.74) is 3.52. The van der Waals surface area contributed by atoms with Gasteiger partial charge in [-0.1, -0.05) is 18.2 Å². The number of hydrogen-bond acceptors (Lipinski definition) is 5. The first-order chi connectivity index (χ1) is 15.7. The molecule has 1 aromatic carbocycles. The summed E-state index contributed by atoms with van der Waals surface area (Å²) < 4.78 is 1.98. The van der Waals surface area contributed by atoms with Gasteiger partial charge in [-0.25, -0.2) is 4.99 Å². The van der Waals surface area contributed by atoms with Crippen molar-refractivity contribution < 1.29 is 0 Å². The van der Waals surface area contributed by atoms with Crippen molar-refractivity contribution in [3.63, 3.8) is 0 Å². The SMILES string of the molecule is CCNC(=NCc1nnc2ccccn12)NCCCN1CCN(c2cccc(C)c2)CC1.I. The normalized spacial score (nSPS) is 14.8. The lowest BCUT2D eigenvalue weighted by molar-refractivity contribution is 0.255. The highest BCUT2D eigenvalue weighted by Crippen LogP contribution is 2.17. The van der Waals surface area contributed by atoms with Crippen molar-refractivity contribution >= 4 is 41.3 Å². The molecule has 1 aliphatic rings. The fraction of sp³-hybridized carbons (Fsp3) is 0.458. The molecule has 0 aliphatic carbocycles. The van der Waals surface area contributed by atoms with Crippen LogP contribution in [0, 0.1) is 6.92 Å². The highest BCUT2D eigenvalue weighted by molar-refractivity contribution is 14.0. The van der Waals surface area contributed by atoms with Crippen molar-refractivity contribution in [2.75, 3.05) is 50.7 Å². The van der Waals surface area contributed by atoms with Crippen LogP contribution in [0.4, 0.5) is 5.69 Å². The molecule has 1 saturated heterocycles. The smallest absolute Gasteiger partial charge is 0.191 e. The van der Waals surface area contributed by atoms with Crippen molar-refractivity contribution in [2.24, 2.45) is 4.99 Å². The van der Waals surface area contributed by atoms with Gasteiger partial charge in [-0.3, -0.25) is 9.30 Å². The summed E-state index contributed by atoms with van der Waals surface area (Å²) in [5, 5.41) is 15.2. The molecule has 2 N–H and O–H groups in total. The average molecular weight is 563 g/mol. The number of aromatic nitrogens is 3. The van der Waals surface area contributed by atoms with Gasteiger partial charge < -0.3 is 15.5 Å². The van der Waals surface area contributed by atoms with Crippen LogP contribution in [0.2, 0.25) is 0 Å². The Morgan fingerprint density at radius 2 is 1.88 bits per heavy atom. The Hall–Kier alpha value is -2.40. The van der Waals surface area contributed by atoms with Crippen LogP contribution in [0.1, 0.15) is 24.7 Å². The quantitative estimate of drug-likeness (QED) is 0.191. The number of pyridine rings is 1. The van der Waals surface area contributed by atoms with E-state index in [0.29, 0.717) is 6.54 Å². The van der Waals surface area contributed by atoms with E-state index < -0.39 is 0 Å². The van der Waals surface area contributed by atoms with Crippen molar-refractivity contribution in [1.29, 1.82) is 0 Å². The summed E-state index contributed by atoms with van der Waals surface area (Å²) in [6, 6.07) is 14.7. The van der Waals surface area contributed by atoms with Crippen LogP contribution in [-0.4, -0.2) is 71.3 Å². The molecule has 0 amide bonds. The van der Waals surface area contributed by atoms with Gasteiger partial charge in [0, 0.05) is 51.2 Å².